The maximum absolute atomic E-state index is 6.11. The van der Waals surface area contributed by atoms with Crippen LogP contribution in [0.15, 0.2) is 42.9 Å². The van der Waals surface area contributed by atoms with E-state index in [4.69, 9.17) is 22.1 Å². The smallest absolute Gasteiger partial charge is 0.318 e. The lowest BCUT2D eigenvalue weighted by molar-refractivity contribution is 0.379. The molecule has 0 aliphatic carbocycles. The highest BCUT2D eigenvalue weighted by Crippen LogP contribution is 2.23. The summed E-state index contributed by atoms with van der Waals surface area (Å²) in [6.07, 6.45) is 5.04. The maximum Gasteiger partial charge on any atom is 0.318 e. The SMILES string of the molecule is COc1ncc(Cl)c(-n2cc(-c3ccc(N)cc3)cn2)n1. The van der Waals surface area contributed by atoms with Crippen molar-refractivity contribution in [2.24, 2.45) is 0 Å². The third-order valence-corrected chi connectivity index (χ3v) is 3.20. The number of methoxy groups -OCH3 is 1. The minimum atomic E-state index is 0.235. The number of aromatic nitrogens is 4. The van der Waals surface area contributed by atoms with Crippen molar-refractivity contribution in [3.05, 3.63) is 47.9 Å². The van der Waals surface area contributed by atoms with E-state index >= 15 is 0 Å². The fourth-order valence-electron chi connectivity index (χ4n) is 1.86. The van der Waals surface area contributed by atoms with Gasteiger partial charge >= 0.3 is 6.01 Å². The Kier molecular flexibility index (Phi) is 3.45. The lowest BCUT2D eigenvalue weighted by Gasteiger charge is -2.04. The summed E-state index contributed by atoms with van der Waals surface area (Å²) in [4.78, 5) is 8.13. The normalized spacial score (nSPS) is 10.6. The van der Waals surface area contributed by atoms with Gasteiger partial charge in [-0.2, -0.15) is 10.1 Å². The van der Waals surface area contributed by atoms with Crippen molar-refractivity contribution in [1.29, 1.82) is 0 Å². The first-order chi connectivity index (χ1) is 10.2. The Morgan fingerprint density at radius 1 is 1.14 bits per heavy atom. The van der Waals surface area contributed by atoms with Crippen LogP contribution in [0.2, 0.25) is 5.02 Å². The minimum absolute atomic E-state index is 0.235. The number of nitrogens with zero attached hydrogens (tertiary/aromatic N) is 4. The maximum atomic E-state index is 6.11. The van der Waals surface area contributed by atoms with Gasteiger partial charge in [-0.1, -0.05) is 23.7 Å². The van der Waals surface area contributed by atoms with E-state index in [1.807, 2.05) is 30.5 Å². The molecule has 2 heterocycles. The van der Waals surface area contributed by atoms with E-state index in [2.05, 4.69) is 15.1 Å². The number of hydrogen-bond donors (Lipinski definition) is 1. The number of nitrogens with two attached hydrogens (primary N) is 1. The van der Waals surface area contributed by atoms with E-state index in [1.54, 1.807) is 10.9 Å². The van der Waals surface area contributed by atoms with E-state index in [0.29, 0.717) is 10.8 Å². The van der Waals surface area contributed by atoms with Crippen LogP contribution in [-0.2, 0) is 0 Å². The molecule has 1 aromatic carbocycles. The molecule has 0 unspecified atom stereocenters. The van der Waals surface area contributed by atoms with Gasteiger partial charge in [-0.15, -0.1) is 0 Å². The van der Waals surface area contributed by atoms with Crippen molar-refractivity contribution in [3.63, 3.8) is 0 Å². The van der Waals surface area contributed by atoms with Crippen LogP contribution in [0.1, 0.15) is 0 Å². The van der Waals surface area contributed by atoms with Crippen molar-refractivity contribution in [1.82, 2.24) is 19.7 Å². The van der Waals surface area contributed by atoms with Crippen LogP contribution in [0.5, 0.6) is 6.01 Å². The summed E-state index contributed by atoms with van der Waals surface area (Å²) >= 11 is 6.11. The van der Waals surface area contributed by atoms with Crippen molar-refractivity contribution < 1.29 is 4.74 Å². The van der Waals surface area contributed by atoms with Gasteiger partial charge in [-0.3, -0.25) is 0 Å². The van der Waals surface area contributed by atoms with Gasteiger partial charge < -0.3 is 10.5 Å². The molecule has 0 spiro atoms. The Labute approximate surface area is 126 Å². The van der Waals surface area contributed by atoms with Gasteiger partial charge in [0.25, 0.3) is 0 Å². The van der Waals surface area contributed by atoms with E-state index in [-0.39, 0.29) is 6.01 Å². The quantitative estimate of drug-likeness (QED) is 0.752. The number of nitrogen functional groups attached to an aromatic ring is 1. The predicted octanol–water partition coefficient (Wildman–Crippen LogP) is 2.57. The molecular weight excluding hydrogens is 290 g/mol. The Morgan fingerprint density at radius 3 is 2.62 bits per heavy atom. The predicted molar refractivity (Wildman–Crippen MR) is 80.6 cm³/mol. The average molecular weight is 302 g/mol. The standard InChI is InChI=1S/C14H12ClN5O/c1-21-14-17-7-12(15)13(19-14)20-8-10(6-18-20)9-2-4-11(16)5-3-9/h2-8H,16H2,1H3. The van der Waals surface area contributed by atoms with E-state index in [0.717, 1.165) is 16.8 Å². The molecule has 7 heteroatoms. The summed E-state index contributed by atoms with van der Waals surface area (Å²) in [5.41, 5.74) is 8.34. The number of halogens is 1. The van der Waals surface area contributed by atoms with Gasteiger partial charge in [-0.25, -0.2) is 9.67 Å². The number of anilines is 1. The van der Waals surface area contributed by atoms with Crippen LogP contribution in [0, 0.1) is 0 Å². The second-order valence-electron chi connectivity index (χ2n) is 4.32. The van der Waals surface area contributed by atoms with E-state index < -0.39 is 0 Å². The molecule has 3 aromatic rings. The second-order valence-corrected chi connectivity index (χ2v) is 4.73. The number of hydrogen-bond acceptors (Lipinski definition) is 5. The molecule has 0 bridgehead atoms. The largest absolute Gasteiger partial charge is 0.467 e. The zero-order valence-electron chi connectivity index (χ0n) is 11.2. The number of ether oxygens (including phenoxy) is 1. The van der Waals surface area contributed by atoms with Crippen molar-refractivity contribution in [3.8, 4) is 23.0 Å². The molecule has 21 heavy (non-hydrogen) atoms. The lowest BCUT2D eigenvalue weighted by Crippen LogP contribution is -2.02. The summed E-state index contributed by atoms with van der Waals surface area (Å²) in [6, 6.07) is 7.78. The highest BCUT2D eigenvalue weighted by atomic mass is 35.5. The first-order valence-corrected chi connectivity index (χ1v) is 6.52. The Hall–Kier alpha value is -2.60. The van der Waals surface area contributed by atoms with Crippen LogP contribution < -0.4 is 10.5 Å². The highest BCUT2D eigenvalue weighted by molar-refractivity contribution is 6.32. The minimum Gasteiger partial charge on any atom is -0.467 e. The van der Waals surface area contributed by atoms with Crippen LogP contribution in [0.3, 0.4) is 0 Å². The number of rotatable bonds is 3. The number of benzene rings is 1. The van der Waals surface area contributed by atoms with Gasteiger partial charge in [0.05, 0.1) is 19.5 Å². The third kappa shape index (κ3) is 2.66. The van der Waals surface area contributed by atoms with Gasteiger partial charge in [-0.05, 0) is 17.7 Å². The first-order valence-electron chi connectivity index (χ1n) is 6.15. The van der Waals surface area contributed by atoms with Crippen LogP contribution in [-0.4, -0.2) is 26.9 Å². The molecule has 0 radical (unpaired) electrons. The molecule has 3 rings (SSSR count). The first kappa shape index (κ1) is 13.4. The Bertz CT molecular complexity index is 769. The summed E-state index contributed by atoms with van der Waals surface area (Å²) in [5.74, 6) is 0.463. The monoisotopic (exact) mass is 301 g/mol. The average Bonchev–Trinajstić information content (AvgIpc) is 2.98. The molecule has 0 saturated carbocycles. The van der Waals surface area contributed by atoms with Crippen molar-refractivity contribution in [2.75, 3.05) is 12.8 Å². The molecule has 0 amide bonds. The van der Waals surface area contributed by atoms with Gasteiger partial charge in [0.1, 0.15) is 5.02 Å². The van der Waals surface area contributed by atoms with Crippen molar-refractivity contribution in [2.45, 2.75) is 0 Å². The zero-order chi connectivity index (χ0) is 14.8. The van der Waals surface area contributed by atoms with E-state index in [9.17, 15) is 0 Å². The second kappa shape index (κ2) is 5.41. The fraction of sp³-hybridized carbons (Fsp3) is 0.0714. The van der Waals surface area contributed by atoms with Gasteiger partial charge in [0.2, 0.25) is 0 Å². The molecule has 106 valence electrons. The van der Waals surface area contributed by atoms with Crippen molar-refractivity contribution >= 4 is 17.3 Å². The topological polar surface area (TPSA) is 78.9 Å². The molecule has 0 aliphatic rings. The molecule has 0 fully saturated rings. The van der Waals surface area contributed by atoms with Crippen LogP contribution >= 0.6 is 11.6 Å². The highest BCUT2D eigenvalue weighted by Gasteiger charge is 2.10. The summed E-state index contributed by atoms with van der Waals surface area (Å²) < 4.78 is 6.58. The molecule has 2 aromatic heterocycles. The van der Waals surface area contributed by atoms with Crippen LogP contribution in [0.25, 0.3) is 16.9 Å². The molecular formula is C14H12ClN5O. The Morgan fingerprint density at radius 2 is 1.90 bits per heavy atom. The van der Waals surface area contributed by atoms with E-state index in [1.165, 1.54) is 13.3 Å². The molecule has 6 nitrogen and oxygen atoms in total. The fourth-order valence-corrected chi connectivity index (χ4v) is 2.04. The Balaban J connectivity index is 2.00. The third-order valence-electron chi connectivity index (χ3n) is 2.93. The molecule has 2 N–H and O–H groups in total. The molecule has 0 atom stereocenters. The summed E-state index contributed by atoms with van der Waals surface area (Å²) in [6.45, 7) is 0. The van der Waals surface area contributed by atoms with Gasteiger partial charge in [0.15, 0.2) is 5.82 Å². The van der Waals surface area contributed by atoms with Gasteiger partial charge in [0, 0.05) is 17.4 Å². The van der Waals surface area contributed by atoms with Crippen LogP contribution in [0.4, 0.5) is 5.69 Å². The zero-order valence-corrected chi connectivity index (χ0v) is 11.9. The lowest BCUT2D eigenvalue weighted by atomic mass is 10.1. The molecule has 0 aliphatic heterocycles. The molecule has 0 saturated heterocycles. The summed E-state index contributed by atoms with van der Waals surface area (Å²) in [5, 5.41) is 4.67. The summed E-state index contributed by atoms with van der Waals surface area (Å²) in [7, 11) is 1.50.